The van der Waals surface area contributed by atoms with E-state index in [0.29, 0.717) is 12.0 Å². The van der Waals surface area contributed by atoms with Gasteiger partial charge in [-0.05, 0) is 37.3 Å². The fourth-order valence-corrected chi connectivity index (χ4v) is 2.50. The first-order valence-corrected chi connectivity index (χ1v) is 6.39. The lowest BCUT2D eigenvalue weighted by atomic mass is 10.1. The highest BCUT2D eigenvalue weighted by atomic mass is 16.2. The van der Waals surface area contributed by atoms with Gasteiger partial charge in [0.15, 0.2) is 0 Å². The van der Waals surface area contributed by atoms with E-state index in [1.807, 2.05) is 18.2 Å². The minimum atomic E-state index is -0.0893. The van der Waals surface area contributed by atoms with Crippen LogP contribution in [-0.4, -0.2) is 18.0 Å². The molecule has 2 aliphatic rings. The van der Waals surface area contributed by atoms with Crippen LogP contribution in [0.3, 0.4) is 0 Å². The number of para-hydroxylation sites is 1. The number of nitrogens with one attached hydrogen (secondary N) is 2. The molecule has 1 aromatic carbocycles. The summed E-state index contributed by atoms with van der Waals surface area (Å²) in [5, 5.41) is 6.40. The highest BCUT2D eigenvalue weighted by molar-refractivity contribution is 5.87. The van der Waals surface area contributed by atoms with Gasteiger partial charge in [-0.2, -0.15) is 0 Å². The first-order valence-electron chi connectivity index (χ1n) is 6.39. The minimum Gasteiger partial charge on any atom is -0.373 e. The van der Waals surface area contributed by atoms with E-state index in [9.17, 15) is 4.79 Å². The summed E-state index contributed by atoms with van der Waals surface area (Å²) in [6.07, 6.45) is 3.33. The molecule has 1 aromatic rings. The largest absolute Gasteiger partial charge is 0.373 e. The van der Waals surface area contributed by atoms with Crippen molar-refractivity contribution in [3.8, 4) is 0 Å². The first kappa shape index (κ1) is 10.6. The lowest BCUT2D eigenvalue weighted by Gasteiger charge is -2.17. The van der Waals surface area contributed by atoms with E-state index in [0.717, 1.165) is 12.1 Å². The van der Waals surface area contributed by atoms with Crippen LogP contribution < -0.4 is 10.6 Å². The monoisotopic (exact) mass is 230 g/mol. The molecular weight excluding hydrogens is 212 g/mol. The summed E-state index contributed by atoms with van der Waals surface area (Å²) in [6, 6.07) is 8.38. The minimum absolute atomic E-state index is 0.0893. The number of anilines is 1. The number of carbonyl (C=O) groups excluding carboxylic acids is 1. The Morgan fingerprint density at radius 2 is 2.18 bits per heavy atom. The molecule has 3 nitrogen and oxygen atoms in total. The van der Waals surface area contributed by atoms with Crippen molar-refractivity contribution in [1.82, 2.24) is 5.32 Å². The quantitative estimate of drug-likeness (QED) is 0.833. The summed E-state index contributed by atoms with van der Waals surface area (Å²) in [5.74, 6) is 0.850. The van der Waals surface area contributed by atoms with Gasteiger partial charge in [-0.3, -0.25) is 4.79 Å². The lowest BCUT2D eigenvalue weighted by Crippen LogP contribution is -2.43. The van der Waals surface area contributed by atoms with Crippen molar-refractivity contribution in [1.29, 1.82) is 0 Å². The van der Waals surface area contributed by atoms with Crippen LogP contribution in [0.15, 0.2) is 24.3 Å². The summed E-state index contributed by atoms with van der Waals surface area (Å²) < 4.78 is 0. The third-order valence-corrected chi connectivity index (χ3v) is 3.79. The molecule has 1 heterocycles. The van der Waals surface area contributed by atoms with Crippen LogP contribution in [-0.2, 0) is 11.2 Å². The number of amides is 1. The normalized spacial score (nSPS) is 23.7. The molecule has 1 fully saturated rings. The molecule has 1 saturated carbocycles. The predicted molar refractivity (Wildman–Crippen MR) is 67.9 cm³/mol. The van der Waals surface area contributed by atoms with Crippen molar-refractivity contribution in [2.45, 2.75) is 38.3 Å². The van der Waals surface area contributed by atoms with Gasteiger partial charge in [0.2, 0.25) is 5.91 Å². The summed E-state index contributed by atoms with van der Waals surface area (Å²) in [6.45, 7) is 2.11. The molecular formula is C14H18N2O. The Bertz CT molecular complexity index is 415. The maximum absolute atomic E-state index is 12.1. The second kappa shape index (κ2) is 4.06. The Hall–Kier alpha value is -1.51. The van der Waals surface area contributed by atoms with E-state index in [1.54, 1.807) is 0 Å². The van der Waals surface area contributed by atoms with Crippen molar-refractivity contribution in [3.05, 3.63) is 29.8 Å². The SMILES string of the molecule is CC(NC(=O)C1Cc2ccccc2N1)C1CC1. The summed E-state index contributed by atoms with van der Waals surface area (Å²) in [5.41, 5.74) is 2.35. The van der Waals surface area contributed by atoms with E-state index >= 15 is 0 Å². The molecule has 0 bridgehead atoms. The number of hydrogen-bond acceptors (Lipinski definition) is 2. The van der Waals surface area contributed by atoms with Crippen LogP contribution in [0.1, 0.15) is 25.3 Å². The van der Waals surface area contributed by atoms with Gasteiger partial charge in [0.05, 0.1) is 0 Å². The van der Waals surface area contributed by atoms with Crippen LogP contribution in [0, 0.1) is 5.92 Å². The maximum Gasteiger partial charge on any atom is 0.243 e. The van der Waals surface area contributed by atoms with Gasteiger partial charge in [-0.1, -0.05) is 18.2 Å². The zero-order valence-corrected chi connectivity index (χ0v) is 10.1. The number of rotatable bonds is 3. The Morgan fingerprint density at radius 3 is 2.88 bits per heavy atom. The smallest absolute Gasteiger partial charge is 0.243 e. The van der Waals surface area contributed by atoms with E-state index in [2.05, 4.69) is 23.6 Å². The van der Waals surface area contributed by atoms with Crippen molar-refractivity contribution < 1.29 is 4.79 Å². The number of carbonyl (C=O) groups is 1. The average Bonchev–Trinajstić information content (AvgIpc) is 3.08. The lowest BCUT2D eigenvalue weighted by molar-refractivity contribution is -0.122. The van der Waals surface area contributed by atoms with Crippen LogP contribution in [0.25, 0.3) is 0 Å². The fourth-order valence-electron chi connectivity index (χ4n) is 2.50. The molecule has 0 spiro atoms. The van der Waals surface area contributed by atoms with Crippen molar-refractivity contribution in [3.63, 3.8) is 0 Å². The van der Waals surface area contributed by atoms with E-state index in [-0.39, 0.29) is 11.9 Å². The van der Waals surface area contributed by atoms with E-state index in [1.165, 1.54) is 18.4 Å². The summed E-state index contributed by atoms with van der Waals surface area (Å²) >= 11 is 0. The number of benzene rings is 1. The third kappa shape index (κ3) is 2.14. The first-order chi connectivity index (χ1) is 8.24. The Kier molecular flexibility index (Phi) is 2.54. The highest BCUT2D eigenvalue weighted by Crippen LogP contribution is 2.32. The van der Waals surface area contributed by atoms with Crippen LogP contribution in [0.2, 0.25) is 0 Å². The van der Waals surface area contributed by atoms with Crippen LogP contribution in [0.4, 0.5) is 5.69 Å². The zero-order chi connectivity index (χ0) is 11.8. The van der Waals surface area contributed by atoms with Gasteiger partial charge in [-0.15, -0.1) is 0 Å². The zero-order valence-electron chi connectivity index (χ0n) is 10.1. The molecule has 1 aliphatic carbocycles. The highest BCUT2D eigenvalue weighted by Gasteiger charge is 2.32. The van der Waals surface area contributed by atoms with Gasteiger partial charge < -0.3 is 10.6 Å². The molecule has 0 radical (unpaired) electrons. The molecule has 17 heavy (non-hydrogen) atoms. The molecule has 0 aromatic heterocycles. The number of fused-ring (bicyclic) bond motifs is 1. The van der Waals surface area contributed by atoms with Crippen molar-refractivity contribution >= 4 is 11.6 Å². The topological polar surface area (TPSA) is 41.1 Å². The van der Waals surface area contributed by atoms with Crippen LogP contribution in [0.5, 0.6) is 0 Å². The van der Waals surface area contributed by atoms with Gasteiger partial charge in [0.25, 0.3) is 0 Å². The molecule has 2 atom stereocenters. The van der Waals surface area contributed by atoms with E-state index < -0.39 is 0 Å². The Labute approximate surface area is 102 Å². The van der Waals surface area contributed by atoms with E-state index in [4.69, 9.17) is 0 Å². The molecule has 2 N–H and O–H groups in total. The molecule has 3 heteroatoms. The number of hydrogen-bond donors (Lipinski definition) is 2. The molecule has 1 amide bonds. The predicted octanol–water partition coefficient (Wildman–Crippen LogP) is 1.94. The van der Waals surface area contributed by atoms with Crippen LogP contribution >= 0.6 is 0 Å². The second-order valence-corrected chi connectivity index (χ2v) is 5.19. The summed E-state index contributed by atoms with van der Waals surface area (Å²) in [7, 11) is 0. The fraction of sp³-hybridized carbons (Fsp3) is 0.500. The molecule has 1 aliphatic heterocycles. The molecule has 90 valence electrons. The van der Waals surface area contributed by atoms with Gasteiger partial charge in [-0.25, -0.2) is 0 Å². The van der Waals surface area contributed by atoms with Crippen molar-refractivity contribution in [2.75, 3.05) is 5.32 Å². The summed E-state index contributed by atoms with van der Waals surface area (Å²) in [4.78, 5) is 12.1. The van der Waals surface area contributed by atoms with Crippen molar-refractivity contribution in [2.24, 2.45) is 5.92 Å². The molecule has 0 saturated heterocycles. The Balaban J connectivity index is 1.61. The standard InChI is InChI=1S/C14H18N2O/c1-9(10-6-7-10)15-14(17)13-8-11-4-2-3-5-12(11)16-13/h2-5,9-10,13,16H,6-8H2,1H3,(H,15,17). The van der Waals surface area contributed by atoms with Gasteiger partial charge in [0.1, 0.15) is 6.04 Å². The van der Waals surface area contributed by atoms with Gasteiger partial charge >= 0.3 is 0 Å². The van der Waals surface area contributed by atoms with Gasteiger partial charge in [0, 0.05) is 18.2 Å². The second-order valence-electron chi connectivity index (χ2n) is 5.19. The molecule has 3 rings (SSSR count). The maximum atomic E-state index is 12.1. The third-order valence-electron chi connectivity index (χ3n) is 3.79. The molecule has 2 unspecified atom stereocenters. The average molecular weight is 230 g/mol. The Morgan fingerprint density at radius 1 is 1.41 bits per heavy atom.